The lowest BCUT2D eigenvalue weighted by atomic mass is 10.0. The third kappa shape index (κ3) is 2.91. The van der Waals surface area contributed by atoms with Gasteiger partial charge in [-0.05, 0) is 43.3 Å². The van der Waals surface area contributed by atoms with E-state index in [0.717, 1.165) is 16.9 Å². The molecule has 4 rings (SSSR count). The van der Waals surface area contributed by atoms with Gasteiger partial charge >= 0.3 is 5.97 Å². The fourth-order valence-corrected chi connectivity index (χ4v) is 3.14. The monoisotopic (exact) mass is 359 g/mol. The molecule has 0 unspecified atom stereocenters. The zero-order chi connectivity index (χ0) is 19.0. The summed E-state index contributed by atoms with van der Waals surface area (Å²) in [5.41, 5.74) is 3.96. The minimum Gasteiger partial charge on any atom is -0.497 e. The predicted octanol–water partition coefficient (Wildman–Crippen LogP) is 4.10. The Hall–Kier alpha value is -3.67. The lowest BCUT2D eigenvalue weighted by molar-refractivity contribution is 0.0699. The van der Waals surface area contributed by atoms with Gasteiger partial charge in [0.05, 0.1) is 41.5 Å². The number of ether oxygens (including phenoxy) is 1. The van der Waals surface area contributed by atoms with Gasteiger partial charge in [-0.15, -0.1) is 0 Å². The molecule has 6 nitrogen and oxygen atoms in total. The van der Waals surface area contributed by atoms with E-state index in [0.29, 0.717) is 22.3 Å². The Morgan fingerprint density at radius 2 is 1.89 bits per heavy atom. The van der Waals surface area contributed by atoms with Crippen molar-refractivity contribution in [2.24, 2.45) is 0 Å². The van der Waals surface area contributed by atoms with Crippen molar-refractivity contribution in [3.63, 3.8) is 0 Å². The lowest BCUT2D eigenvalue weighted by Gasteiger charge is -2.09. The maximum Gasteiger partial charge on any atom is 0.336 e. The number of fused-ring (bicyclic) bond motifs is 1. The maximum atomic E-state index is 11.8. The summed E-state index contributed by atoms with van der Waals surface area (Å²) in [6.07, 6.45) is 1.71. The number of carbonyl (C=O) groups is 1. The molecule has 0 bridgehead atoms. The second-order valence-corrected chi connectivity index (χ2v) is 6.13. The van der Waals surface area contributed by atoms with E-state index in [4.69, 9.17) is 4.74 Å². The summed E-state index contributed by atoms with van der Waals surface area (Å²) in [4.78, 5) is 16.5. The fourth-order valence-electron chi connectivity index (χ4n) is 3.14. The van der Waals surface area contributed by atoms with Crippen molar-refractivity contribution < 1.29 is 14.6 Å². The number of hydrogen-bond acceptors (Lipinski definition) is 4. The number of benzene rings is 2. The minimum atomic E-state index is -1.01. The summed E-state index contributed by atoms with van der Waals surface area (Å²) in [5, 5.41) is 14.7. The number of carboxylic acids is 1. The minimum absolute atomic E-state index is 0.181. The number of methoxy groups -OCH3 is 1. The molecule has 27 heavy (non-hydrogen) atoms. The van der Waals surface area contributed by atoms with Gasteiger partial charge in [-0.1, -0.05) is 18.2 Å². The molecule has 0 amide bonds. The molecular weight excluding hydrogens is 342 g/mol. The number of aromatic nitrogens is 3. The molecule has 0 atom stereocenters. The average Bonchev–Trinajstić information content (AvgIpc) is 3.08. The van der Waals surface area contributed by atoms with Gasteiger partial charge < -0.3 is 9.84 Å². The normalized spacial score (nSPS) is 10.9. The summed E-state index contributed by atoms with van der Waals surface area (Å²) in [6.45, 7) is 1.94. The second-order valence-electron chi connectivity index (χ2n) is 6.13. The van der Waals surface area contributed by atoms with Crippen LogP contribution >= 0.6 is 0 Å². The molecule has 2 aromatic heterocycles. The molecule has 4 aromatic rings. The van der Waals surface area contributed by atoms with Crippen molar-refractivity contribution in [2.75, 3.05) is 7.11 Å². The molecule has 0 aliphatic heterocycles. The van der Waals surface area contributed by atoms with Crippen LogP contribution in [0.15, 0.2) is 60.8 Å². The van der Waals surface area contributed by atoms with E-state index in [9.17, 15) is 9.90 Å². The highest BCUT2D eigenvalue weighted by molar-refractivity contribution is 6.04. The van der Waals surface area contributed by atoms with Crippen LogP contribution in [-0.4, -0.2) is 33.0 Å². The quantitative estimate of drug-likeness (QED) is 0.593. The van der Waals surface area contributed by atoms with Crippen LogP contribution in [0.2, 0.25) is 0 Å². The third-order valence-corrected chi connectivity index (χ3v) is 4.53. The Labute approximate surface area is 155 Å². The van der Waals surface area contributed by atoms with Gasteiger partial charge in [0.15, 0.2) is 0 Å². The molecule has 2 heterocycles. The molecule has 0 radical (unpaired) electrons. The van der Waals surface area contributed by atoms with Crippen LogP contribution in [0.3, 0.4) is 0 Å². The molecule has 2 aromatic carbocycles. The second kappa shape index (κ2) is 6.57. The highest BCUT2D eigenvalue weighted by Crippen LogP contribution is 2.30. The number of nitrogens with zero attached hydrogens (tertiary/aromatic N) is 3. The number of pyridine rings is 1. The molecule has 0 aliphatic carbocycles. The van der Waals surface area contributed by atoms with Crippen LogP contribution in [0, 0.1) is 6.92 Å². The van der Waals surface area contributed by atoms with Gasteiger partial charge in [-0.25, -0.2) is 14.5 Å². The van der Waals surface area contributed by atoms with E-state index >= 15 is 0 Å². The first-order chi connectivity index (χ1) is 13.1. The number of hydrogen-bond donors (Lipinski definition) is 1. The third-order valence-electron chi connectivity index (χ3n) is 4.53. The van der Waals surface area contributed by atoms with Crippen LogP contribution in [0.5, 0.6) is 5.75 Å². The average molecular weight is 359 g/mol. The summed E-state index contributed by atoms with van der Waals surface area (Å²) in [7, 11) is 1.55. The Bertz CT molecular complexity index is 1150. The molecule has 1 N–H and O–H groups in total. The van der Waals surface area contributed by atoms with Crippen molar-refractivity contribution in [3.8, 4) is 22.7 Å². The van der Waals surface area contributed by atoms with Crippen LogP contribution in [-0.2, 0) is 0 Å². The SMILES string of the molecule is COc1ccc2nc(-c3cnn(-c4ccccc4)c3C)cc(C(=O)O)c2c1. The highest BCUT2D eigenvalue weighted by Gasteiger charge is 2.17. The van der Waals surface area contributed by atoms with Crippen LogP contribution in [0.1, 0.15) is 16.1 Å². The van der Waals surface area contributed by atoms with E-state index in [2.05, 4.69) is 10.1 Å². The van der Waals surface area contributed by atoms with E-state index in [1.807, 2.05) is 41.9 Å². The van der Waals surface area contributed by atoms with Gasteiger partial charge in [0, 0.05) is 10.9 Å². The number of rotatable bonds is 4. The lowest BCUT2D eigenvalue weighted by Crippen LogP contribution is -2.02. The molecular formula is C21H17N3O3. The molecule has 0 fully saturated rings. The number of carboxylic acid groups (broad SMARTS) is 1. The van der Waals surface area contributed by atoms with E-state index in [1.165, 1.54) is 0 Å². The van der Waals surface area contributed by atoms with Gasteiger partial charge in [-0.3, -0.25) is 0 Å². The summed E-state index contributed by atoms with van der Waals surface area (Å²) >= 11 is 0. The first-order valence-electron chi connectivity index (χ1n) is 8.41. The van der Waals surface area contributed by atoms with Crippen molar-refractivity contribution in [2.45, 2.75) is 6.92 Å². The first kappa shape index (κ1) is 16.8. The van der Waals surface area contributed by atoms with E-state index in [-0.39, 0.29) is 5.56 Å². The summed E-state index contributed by atoms with van der Waals surface area (Å²) in [6, 6.07) is 16.6. The Morgan fingerprint density at radius 1 is 1.11 bits per heavy atom. The summed E-state index contributed by atoms with van der Waals surface area (Å²) in [5.74, 6) is -0.419. The standard InChI is InChI=1S/C21H17N3O3/c1-13-18(12-22-24(13)14-6-4-3-5-7-14)20-11-17(21(25)26)16-10-15(27-2)8-9-19(16)23-20/h3-12H,1-2H3,(H,25,26). The smallest absolute Gasteiger partial charge is 0.336 e. The van der Waals surface area contributed by atoms with Crippen molar-refractivity contribution in [1.82, 2.24) is 14.8 Å². The molecule has 0 aliphatic rings. The van der Waals surface area contributed by atoms with Gasteiger partial charge in [-0.2, -0.15) is 5.10 Å². The predicted molar refractivity (Wildman–Crippen MR) is 103 cm³/mol. The van der Waals surface area contributed by atoms with Gasteiger partial charge in [0.25, 0.3) is 0 Å². The number of para-hydroxylation sites is 1. The maximum absolute atomic E-state index is 11.8. The highest BCUT2D eigenvalue weighted by atomic mass is 16.5. The van der Waals surface area contributed by atoms with Gasteiger partial charge in [0.2, 0.25) is 0 Å². The fraction of sp³-hybridized carbons (Fsp3) is 0.0952. The largest absolute Gasteiger partial charge is 0.497 e. The molecule has 0 saturated heterocycles. The zero-order valence-electron chi connectivity index (χ0n) is 14.9. The molecule has 0 spiro atoms. The Morgan fingerprint density at radius 3 is 2.59 bits per heavy atom. The molecule has 134 valence electrons. The van der Waals surface area contributed by atoms with Crippen molar-refractivity contribution in [1.29, 1.82) is 0 Å². The van der Waals surface area contributed by atoms with Crippen molar-refractivity contribution >= 4 is 16.9 Å². The molecule has 6 heteroatoms. The van der Waals surface area contributed by atoms with Gasteiger partial charge in [0.1, 0.15) is 5.75 Å². The van der Waals surface area contributed by atoms with Crippen LogP contribution in [0.4, 0.5) is 0 Å². The first-order valence-corrected chi connectivity index (χ1v) is 8.41. The van der Waals surface area contributed by atoms with E-state index in [1.54, 1.807) is 37.6 Å². The van der Waals surface area contributed by atoms with Crippen LogP contribution in [0.25, 0.3) is 27.8 Å². The van der Waals surface area contributed by atoms with Crippen molar-refractivity contribution in [3.05, 3.63) is 72.1 Å². The number of aromatic carboxylic acids is 1. The zero-order valence-corrected chi connectivity index (χ0v) is 14.9. The van der Waals surface area contributed by atoms with E-state index < -0.39 is 5.97 Å². The molecule has 0 saturated carbocycles. The van der Waals surface area contributed by atoms with Crippen LogP contribution < -0.4 is 4.74 Å². The Kier molecular flexibility index (Phi) is 4.08. The summed E-state index contributed by atoms with van der Waals surface area (Å²) < 4.78 is 7.02. The topological polar surface area (TPSA) is 77.2 Å². The Balaban J connectivity index is 1.90.